The van der Waals surface area contributed by atoms with E-state index < -0.39 is 17.5 Å². The van der Waals surface area contributed by atoms with Crippen LogP contribution in [0.25, 0.3) is 10.4 Å². The van der Waals surface area contributed by atoms with Crippen molar-refractivity contribution in [3.63, 3.8) is 0 Å². The molecule has 0 aliphatic rings. The van der Waals surface area contributed by atoms with E-state index >= 15 is 0 Å². The molecular formula is C12H10F3NS. The molecule has 0 fully saturated rings. The summed E-state index contributed by atoms with van der Waals surface area (Å²) in [6.45, 7) is 0.683. The Labute approximate surface area is 101 Å². The predicted molar refractivity (Wildman–Crippen MR) is 62.4 cm³/mol. The summed E-state index contributed by atoms with van der Waals surface area (Å²) in [5.41, 5.74) is 1.38. The third-order valence-corrected chi connectivity index (χ3v) is 3.33. The SMILES string of the molecule is CNCc1csc(-c2cc(F)c(F)c(F)c2)c1. The van der Waals surface area contributed by atoms with Gasteiger partial charge in [0.05, 0.1) is 0 Å². The maximum absolute atomic E-state index is 13.1. The topological polar surface area (TPSA) is 12.0 Å². The summed E-state index contributed by atoms with van der Waals surface area (Å²) in [7, 11) is 1.81. The molecule has 0 saturated carbocycles. The van der Waals surface area contributed by atoms with Crippen LogP contribution in [0.15, 0.2) is 23.6 Å². The molecule has 1 aromatic heterocycles. The minimum atomic E-state index is -1.43. The first kappa shape index (κ1) is 12.1. The standard InChI is InChI=1S/C12H10F3NS/c1-16-5-7-2-11(17-6-7)8-3-9(13)12(15)10(14)4-8/h2-4,6,16H,5H2,1H3. The van der Waals surface area contributed by atoms with Crippen molar-refractivity contribution in [2.45, 2.75) is 6.54 Å². The van der Waals surface area contributed by atoms with Crippen LogP contribution in [0.5, 0.6) is 0 Å². The van der Waals surface area contributed by atoms with Crippen LogP contribution in [-0.4, -0.2) is 7.05 Å². The molecule has 90 valence electrons. The third-order valence-electron chi connectivity index (χ3n) is 2.30. The third kappa shape index (κ3) is 2.50. The number of benzene rings is 1. The van der Waals surface area contributed by atoms with Crippen molar-refractivity contribution >= 4 is 11.3 Å². The van der Waals surface area contributed by atoms with Gasteiger partial charge in [-0.05, 0) is 41.8 Å². The molecule has 1 nitrogen and oxygen atoms in total. The van der Waals surface area contributed by atoms with Crippen molar-refractivity contribution in [3.8, 4) is 10.4 Å². The smallest absolute Gasteiger partial charge is 0.194 e. The quantitative estimate of drug-likeness (QED) is 0.829. The first-order valence-corrected chi connectivity index (χ1v) is 5.86. The first-order chi connectivity index (χ1) is 8.11. The van der Waals surface area contributed by atoms with Crippen molar-refractivity contribution in [3.05, 3.63) is 46.6 Å². The highest BCUT2D eigenvalue weighted by Crippen LogP contribution is 2.29. The average molecular weight is 257 g/mol. The molecule has 1 aromatic carbocycles. The van der Waals surface area contributed by atoms with Gasteiger partial charge in [0.15, 0.2) is 17.5 Å². The Kier molecular flexibility index (Phi) is 3.49. The van der Waals surface area contributed by atoms with Gasteiger partial charge in [-0.15, -0.1) is 11.3 Å². The maximum atomic E-state index is 13.1. The molecular weight excluding hydrogens is 247 g/mol. The summed E-state index contributed by atoms with van der Waals surface area (Å²) in [5, 5.41) is 4.87. The Hall–Kier alpha value is -1.33. The molecule has 0 unspecified atom stereocenters. The Morgan fingerprint density at radius 1 is 1.12 bits per heavy atom. The van der Waals surface area contributed by atoms with Crippen LogP contribution in [0.1, 0.15) is 5.56 Å². The molecule has 17 heavy (non-hydrogen) atoms. The summed E-state index contributed by atoms with van der Waals surface area (Å²) in [5.74, 6) is -3.76. The highest BCUT2D eigenvalue weighted by atomic mass is 32.1. The number of rotatable bonds is 3. The zero-order valence-corrected chi connectivity index (χ0v) is 9.88. The van der Waals surface area contributed by atoms with E-state index in [1.807, 2.05) is 18.5 Å². The molecule has 0 aliphatic carbocycles. The lowest BCUT2D eigenvalue weighted by molar-refractivity contribution is 0.448. The van der Waals surface area contributed by atoms with Crippen LogP contribution in [0, 0.1) is 17.5 Å². The average Bonchev–Trinajstić information content (AvgIpc) is 2.74. The summed E-state index contributed by atoms with van der Waals surface area (Å²) < 4.78 is 38.9. The zero-order valence-electron chi connectivity index (χ0n) is 9.06. The van der Waals surface area contributed by atoms with E-state index in [9.17, 15) is 13.2 Å². The molecule has 0 aliphatic heterocycles. The van der Waals surface area contributed by atoms with E-state index in [0.717, 1.165) is 17.7 Å². The van der Waals surface area contributed by atoms with Gasteiger partial charge in [0.1, 0.15) is 0 Å². The minimum Gasteiger partial charge on any atom is -0.316 e. The van der Waals surface area contributed by atoms with Crippen molar-refractivity contribution < 1.29 is 13.2 Å². The Morgan fingerprint density at radius 3 is 2.35 bits per heavy atom. The van der Waals surface area contributed by atoms with E-state index in [-0.39, 0.29) is 0 Å². The van der Waals surface area contributed by atoms with E-state index in [4.69, 9.17) is 0 Å². The van der Waals surface area contributed by atoms with Gasteiger partial charge in [0.25, 0.3) is 0 Å². The highest BCUT2D eigenvalue weighted by molar-refractivity contribution is 7.13. The lowest BCUT2D eigenvalue weighted by Crippen LogP contribution is -2.03. The Morgan fingerprint density at radius 2 is 1.76 bits per heavy atom. The van der Waals surface area contributed by atoms with Crippen molar-refractivity contribution in [2.75, 3.05) is 7.05 Å². The summed E-state index contributed by atoms with van der Waals surface area (Å²) in [6.07, 6.45) is 0. The van der Waals surface area contributed by atoms with Gasteiger partial charge in [0.2, 0.25) is 0 Å². The largest absolute Gasteiger partial charge is 0.316 e. The van der Waals surface area contributed by atoms with Gasteiger partial charge in [0, 0.05) is 11.4 Å². The van der Waals surface area contributed by atoms with E-state index in [1.165, 1.54) is 11.3 Å². The van der Waals surface area contributed by atoms with Gasteiger partial charge in [-0.1, -0.05) is 0 Å². The van der Waals surface area contributed by atoms with Gasteiger partial charge in [-0.2, -0.15) is 0 Å². The van der Waals surface area contributed by atoms with Crippen LogP contribution in [0.3, 0.4) is 0 Å². The van der Waals surface area contributed by atoms with Crippen LogP contribution in [-0.2, 0) is 6.54 Å². The van der Waals surface area contributed by atoms with E-state index in [2.05, 4.69) is 5.32 Å². The van der Waals surface area contributed by atoms with Crippen LogP contribution in [0.2, 0.25) is 0 Å². The van der Waals surface area contributed by atoms with Crippen molar-refractivity contribution in [1.29, 1.82) is 0 Å². The van der Waals surface area contributed by atoms with Crippen molar-refractivity contribution in [1.82, 2.24) is 5.32 Å². The fourth-order valence-electron chi connectivity index (χ4n) is 1.52. The summed E-state index contributed by atoms with van der Waals surface area (Å²) in [6, 6.07) is 3.84. The number of nitrogens with one attached hydrogen (secondary N) is 1. The van der Waals surface area contributed by atoms with Crippen LogP contribution < -0.4 is 5.32 Å². The molecule has 2 rings (SSSR count). The maximum Gasteiger partial charge on any atom is 0.194 e. The first-order valence-electron chi connectivity index (χ1n) is 4.98. The molecule has 1 N–H and O–H groups in total. The van der Waals surface area contributed by atoms with Gasteiger partial charge >= 0.3 is 0 Å². The van der Waals surface area contributed by atoms with Gasteiger partial charge < -0.3 is 5.32 Å². The second kappa shape index (κ2) is 4.89. The summed E-state index contributed by atoms with van der Waals surface area (Å²) >= 11 is 1.37. The minimum absolute atomic E-state index is 0.355. The molecule has 1 heterocycles. The fraction of sp³-hybridized carbons (Fsp3) is 0.167. The molecule has 0 radical (unpaired) electrons. The van der Waals surface area contributed by atoms with Gasteiger partial charge in [-0.3, -0.25) is 0 Å². The monoisotopic (exact) mass is 257 g/mol. The molecule has 0 amide bonds. The Bertz CT molecular complexity index is 513. The zero-order chi connectivity index (χ0) is 12.4. The molecule has 2 aromatic rings. The highest BCUT2D eigenvalue weighted by Gasteiger charge is 2.12. The number of thiophene rings is 1. The molecule has 0 atom stereocenters. The second-order valence-corrected chi connectivity index (χ2v) is 4.51. The predicted octanol–water partition coefficient (Wildman–Crippen LogP) is 3.55. The van der Waals surface area contributed by atoms with Gasteiger partial charge in [-0.25, -0.2) is 13.2 Å². The number of halogens is 3. The molecule has 0 saturated heterocycles. The second-order valence-electron chi connectivity index (χ2n) is 3.60. The lowest BCUT2D eigenvalue weighted by atomic mass is 10.1. The number of hydrogen-bond acceptors (Lipinski definition) is 2. The fourth-order valence-corrected chi connectivity index (χ4v) is 2.42. The summed E-state index contributed by atoms with van der Waals surface area (Å²) in [4.78, 5) is 0.716. The number of hydrogen-bond donors (Lipinski definition) is 1. The lowest BCUT2D eigenvalue weighted by Gasteiger charge is -2.00. The Balaban J connectivity index is 2.39. The van der Waals surface area contributed by atoms with Crippen LogP contribution >= 0.6 is 11.3 Å². The molecule has 0 bridgehead atoms. The van der Waals surface area contributed by atoms with E-state index in [0.29, 0.717) is 17.0 Å². The van der Waals surface area contributed by atoms with E-state index in [1.54, 1.807) is 0 Å². The molecule has 0 spiro atoms. The van der Waals surface area contributed by atoms with Crippen molar-refractivity contribution in [2.24, 2.45) is 0 Å². The normalized spacial score (nSPS) is 10.8. The molecule has 5 heteroatoms. The van der Waals surface area contributed by atoms with Crippen LogP contribution in [0.4, 0.5) is 13.2 Å².